The van der Waals surface area contributed by atoms with Crippen molar-refractivity contribution >= 4 is 5.97 Å². The second kappa shape index (κ2) is 6.08. The molecule has 4 heteroatoms. The molecule has 4 nitrogen and oxygen atoms in total. The molecule has 0 aromatic rings. The molecule has 2 atom stereocenters. The number of aliphatic hydroxyl groups is 1. The topological polar surface area (TPSA) is 49.8 Å². The van der Waals surface area contributed by atoms with Crippen LogP contribution in [0.4, 0.5) is 0 Å². The lowest BCUT2D eigenvalue weighted by Gasteiger charge is -2.35. The first-order valence-corrected chi connectivity index (χ1v) is 5.61. The molecule has 0 aromatic carbocycles. The highest BCUT2D eigenvalue weighted by molar-refractivity contribution is 5.75. The monoisotopic (exact) mass is 215 g/mol. The molecule has 2 unspecified atom stereocenters. The molecule has 88 valence electrons. The SMILES string of the molecule is COC(=O)C(C)N1CCCC(CCO)C1. The quantitative estimate of drug-likeness (QED) is 0.699. The minimum atomic E-state index is -0.167. The first-order valence-electron chi connectivity index (χ1n) is 5.61. The number of aliphatic hydroxyl groups excluding tert-OH is 1. The zero-order valence-corrected chi connectivity index (χ0v) is 9.61. The van der Waals surface area contributed by atoms with E-state index < -0.39 is 0 Å². The molecular formula is C11H21NO3. The molecule has 1 N–H and O–H groups in total. The average molecular weight is 215 g/mol. The van der Waals surface area contributed by atoms with E-state index in [0.29, 0.717) is 5.92 Å². The second-order valence-corrected chi connectivity index (χ2v) is 4.21. The fourth-order valence-corrected chi connectivity index (χ4v) is 2.19. The highest BCUT2D eigenvalue weighted by atomic mass is 16.5. The highest BCUT2D eigenvalue weighted by Gasteiger charge is 2.27. The van der Waals surface area contributed by atoms with Crippen molar-refractivity contribution < 1.29 is 14.6 Å². The smallest absolute Gasteiger partial charge is 0.322 e. The lowest BCUT2D eigenvalue weighted by molar-refractivity contribution is -0.147. The Bertz CT molecular complexity index is 206. The molecule has 15 heavy (non-hydrogen) atoms. The van der Waals surface area contributed by atoms with Crippen LogP contribution in [-0.4, -0.2) is 48.8 Å². The van der Waals surface area contributed by atoms with E-state index in [1.807, 2.05) is 6.92 Å². The van der Waals surface area contributed by atoms with Gasteiger partial charge in [0.05, 0.1) is 7.11 Å². The number of carbonyl (C=O) groups excluding carboxylic acids is 1. The molecule has 0 aliphatic carbocycles. The summed E-state index contributed by atoms with van der Waals surface area (Å²) < 4.78 is 4.73. The molecule has 1 saturated heterocycles. The van der Waals surface area contributed by atoms with Gasteiger partial charge in [-0.05, 0) is 38.6 Å². The number of nitrogens with zero attached hydrogens (tertiary/aromatic N) is 1. The van der Waals surface area contributed by atoms with Gasteiger partial charge in [0.15, 0.2) is 0 Å². The molecule has 0 aromatic heterocycles. The fourth-order valence-electron chi connectivity index (χ4n) is 2.19. The van der Waals surface area contributed by atoms with Gasteiger partial charge in [-0.15, -0.1) is 0 Å². The third-order valence-electron chi connectivity index (χ3n) is 3.18. The first kappa shape index (κ1) is 12.5. The Hall–Kier alpha value is -0.610. The molecular weight excluding hydrogens is 194 g/mol. The molecule has 0 saturated carbocycles. The van der Waals surface area contributed by atoms with Crippen LogP contribution in [0.5, 0.6) is 0 Å². The van der Waals surface area contributed by atoms with Gasteiger partial charge in [-0.3, -0.25) is 9.69 Å². The van der Waals surface area contributed by atoms with E-state index in [1.165, 1.54) is 7.11 Å². The van der Waals surface area contributed by atoms with Crippen LogP contribution in [0.15, 0.2) is 0 Å². The van der Waals surface area contributed by atoms with E-state index >= 15 is 0 Å². The summed E-state index contributed by atoms with van der Waals surface area (Å²) in [4.78, 5) is 13.5. The summed E-state index contributed by atoms with van der Waals surface area (Å²) in [6, 6.07) is -0.156. The van der Waals surface area contributed by atoms with Crippen LogP contribution in [0.3, 0.4) is 0 Å². The van der Waals surface area contributed by atoms with Crippen molar-refractivity contribution in [1.82, 2.24) is 4.90 Å². The maximum Gasteiger partial charge on any atom is 0.322 e. The molecule has 0 amide bonds. The van der Waals surface area contributed by atoms with E-state index in [2.05, 4.69) is 4.90 Å². The van der Waals surface area contributed by atoms with Crippen LogP contribution < -0.4 is 0 Å². The minimum absolute atomic E-state index is 0.156. The second-order valence-electron chi connectivity index (χ2n) is 4.21. The normalized spacial score (nSPS) is 24.9. The van der Waals surface area contributed by atoms with Crippen molar-refractivity contribution in [2.75, 3.05) is 26.8 Å². The van der Waals surface area contributed by atoms with Crippen LogP contribution >= 0.6 is 0 Å². The van der Waals surface area contributed by atoms with E-state index in [9.17, 15) is 4.79 Å². The standard InChI is InChI=1S/C11H21NO3/c1-9(11(14)15-2)12-6-3-4-10(8-12)5-7-13/h9-10,13H,3-8H2,1-2H3. The predicted octanol–water partition coefficient (Wildman–Crippen LogP) is 0.642. The molecule has 0 spiro atoms. The summed E-state index contributed by atoms with van der Waals surface area (Å²) in [7, 11) is 1.42. The predicted molar refractivity (Wildman–Crippen MR) is 57.5 cm³/mol. The van der Waals surface area contributed by atoms with E-state index in [1.54, 1.807) is 0 Å². The van der Waals surface area contributed by atoms with Gasteiger partial charge >= 0.3 is 5.97 Å². The number of rotatable bonds is 4. The number of methoxy groups -OCH3 is 1. The van der Waals surface area contributed by atoms with Gasteiger partial charge in [0.25, 0.3) is 0 Å². The van der Waals surface area contributed by atoms with Gasteiger partial charge < -0.3 is 9.84 Å². The molecule has 1 rings (SSSR count). The van der Waals surface area contributed by atoms with Gasteiger partial charge in [0.1, 0.15) is 6.04 Å². The molecule has 1 aliphatic rings. The lowest BCUT2D eigenvalue weighted by atomic mass is 9.94. The summed E-state index contributed by atoms with van der Waals surface area (Å²) in [6.45, 7) is 3.98. The summed E-state index contributed by atoms with van der Waals surface area (Å²) in [5.74, 6) is 0.357. The third kappa shape index (κ3) is 3.47. The molecule has 1 heterocycles. The summed E-state index contributed by atoms with van der Waals surface area (Å²) in [6.07, 6.45) is 3.10. The lowest BCUT2D eigenvalue weighted by Crippen LogP contribution is -2.45. The van der Waals surface area contributed by atoms with Crippen molar-refractivity contribution in [3.8, 4) is 0 Å². The third-order valence-corrected chi connectivity index (χ3v) is 3.18. The number of hydrogen-bond acceptors (Lipinski definition) is 4. The van der Waals surface area contributed by atoms with E-state index in [0.717, 1.165) is 32.4 Å². The first-order chi connectivity index (χ1) is 7.19. The number of hydrogen-bond donors (Lipinski definition) is 1. The Balaban J connectivity index is 2.44. The Morgan fingerprint density at radius 1 is 1.67 bits per heavy atom. The highest BCUT2D eigenvalue weighted by Crippen LogP contribution is 2.21. The molecule has 0 bridgehead atoms. The van der Waals surface area contributed by atoms with Gasteiger partial charge in [-0.25, -0.2) is 0 Å². The molecule has 1 fully saturated rings. The maximum atomic E-state index is 11.4. The fraction of sp³-hybridized carbons (Fsp3) is 0.909. The van der Waals surface area contributed by atoms with Crippen molar-refractivity contribution in [3.63, 3.8) is 0 Å². The number of likely N-dealkylation sites (tertiary alicyclic amines) is 1. The van der Waals surface area contributed by atoms with Gasteiger partial charge in [0, 0.05) is 13.2 Å². The van der Waals surface area contributed by atoms with E-state index in [4.69, 9.17) is 9.84 Å². The van der Waals surface area contributed by atoms with Gasteiger partial charge in [0.2, 0.25) is 0 Å². The number of esters is 1. The van der Waals surface area contributed by atoms with Crippen molar-refractivity contribution in [2.24, 2.45) is 5.92 Å². The number of carbonyl (C=O) groups is 1. The van der Waals surface area contributed by atoms with Gasteiger partial charge in [-0.1, -0.05) is 0 Å². The largest absolute Gasteiger partial charge is 0.468 e. The summed E-state index contributed by atoms with van der Waals surface area (Å²) in [5, 5.41) is 8.89. The summed E-state index contributed by atoms with van der Waals surface area (Å²) in [5.41, 5.74) is 0. The Kier molecular flexibility index (Phi) is 5.05. The number of ether oxygens (including phenoxy) is 1. The van der Waals surface area contributed by atoms with Crippen LogP contribution in [0.2, 0.25) is 0 Å². The Morgan fingerprint density at radius 2 is 2.40 bits per heavy atom. The zero-order valence-electron chi connectivity index (χ0n) is 9.61. The summed E-state index contributed by atoms with van der Waals surface area (Å²) >= 11 is 0. The number of piperidine rings is 1. The Labute approximate surface area is 91.2 Å². The van der Waals surface area contributed by atoms with Crippen LogP contribution in [0.1, 0.15) is 26.2 Å². The maximum absolute atomic E-state index is 11.4. The minimum Gasteiger partial charge on any atom is -0.468 e. The molecule has 1 aliphatic heterocycles. The van der Waals surface area contributed by atoms with Crippen LogP contribution in [0, 0.1) is 5.92 Å². The van der Waals surface area contributed by atoms with Crippen molar-refractivity contribution in [3.05, 3.63) is 0 Å². The van der Waals surface area contributed by atoms with E-state index in [-0.39, 0.29) is 18.6 Å². The van der Waals surface area contributed by atoms with Gasteiger partial charge in [-0.2, -0.15) is 0 Å². The Morgan fingerprint density at radius 3 is 3.00 bits per heavy atom. The zero-order chi connectivity index (χ0) is 11.3. The van der Waals surface area contributed by atoms with Crippen molar-refractivity contribution in [1.29, 1.82) is 0 Å². The van der Waals surface area contributed by atoms with Crippen molar-refractivity contribution in [2.45, 2.75) is 32.2 Å². The average Bonchev–Trinajstić information content (AvgIpc) is 2.28. The van der Waals surface area contributed by atoms with Crippen LogP contribution in [-0.2, 0) is 9.53 Å². The molecule has 0 radical (unpaired) electrons. The van der Waals surface area contributed by atoms with Crippen LogP contribution in [0.25, 0.3) is 0 Å².